The molecule has 2 unspecified atom stereocenters. The van der Waals surface area contributed by atoms with Crippen LogP contribution < -0.4 is 15.4 Å². The Bertz CT molecular complexity index is 464. The van der Waals surface area contributed by atoms with Crippen LogP contribution in [0, 0.1) is 0 Å². The highest BCUT2D eigenvalue weighted by Crippen LogP contribution is 2.20. The predicted octanol–water partition coefficient (Wildman–Crippen LogP) is 0.666. The molecule has 110 valence electrons. The predicted molar refractivity (Wildman–Crippen MR) is 78.8 cm³/mol. The lowest BCUT2D eigenvalue weighted by molar-refractivity contribution is -0.142. The van der Waals surface area contributed by atoms with Gasteiger partial charge in [-0.3, -0.25) is 0 Å². The summed E-state index contributed by atoms with van der Waals surface area (Å²) in [6.45, 7) is 2.40. The minimum Gasteiger partial charge on any atom is -0.497 e. The third kappa shape index (κ3) is 4.36. The second kappa shape index (κ2) is 7.66. The van der Waals surface area contributed by atoms with Gasteiger partial charge in [-0.15, -0.1) is 0 Å². The topological polar surface area (TPSA) is 90.8 Å². The highest BCUT2D eigenvalue weighted by Gasteiger charge is 2.28. The van der Waals surface area contributed by atoms with Crippen LogP contribution in [0.15, 0.2) is 24.3 Å². The van der Waals surface area contributed by atoms with E-state index >= 15 is 0 Å². The molecule has 0 aliphatic heterocycles. The van der Waals surface area contributed by atoms with E-state index in [1.807, 2.05) is 6.92 Å². The molecule has 0 amide bonds. The number of carboxylic acid groups (broad SMARTS) is 1. The van der Waals surface area contributed by atoms with Crippen LogP contribution >= 0.6 is 12.2 Å². The smallest absolute Gasteiger partial charge is 0.329 e. The lowest BCUT2D eigenvalue weighted by Gasteiger charge is -2.22. The Morgan fingerprint density at radius 1 is 1.40 bits per heavy atom. The van der Waals surface area contributed by atoms with Crippen LogP contribution in [0.4, 0.5) is 0 Å². The Labute approximate surface area is 122 Å². The fraction of sp³-hybridized carbons (Fsp3) is 0.385. The zero-order valence-corrected chi connectivity index (χ0v) is 12.1. The molecule has 0 heterocycles. The van der Waals surface area contributed by atoms with E-state index in [1.54, 1.807) is 24.3 Å². The molecule has 7 heteroatoms. The van der Waals surface area contributed by atoms with Crippen molar-refractivity contribution in [1.29, 1.82) is 0 Å². The minimum absolute atomic E-state index is 0.187. The molecule has 1 aromatic carbocycles. The van der Waals surface area contributed by atoms with E-state index in [2.05, 4.69) is 10.6 Å². The van der Waals surface area contributed by atoms with Crippen LogP contribution in [0.1, 0.15) is 18.6 Å². The summed E-state index contributed by atoms with van der Waals surface area (Å²) in [7, 11) is 1.53. The second-order valence-electron chi connectivity index (χ2n) is 4.04. The molecule has 0 saturated heterocycles. The maximum absolute atomic E-state index is 11.2. The van der Waals surface area contributed by atoms with Gasteiger partial charge in [-0.2, -0.15) is 0 Å². The summed E-state index contributed by atoms with van der Waals surface area (Å²) in [5.74, 6) is -0.558. The number of hydrogen-bond donors (Lipinski definition) is 4. The number of aliphatic carboxylic acids is 1. The summed E-state index contributed by atoms with van der Waals surface area (Å²) in [5, 5.41) is 24.9. The molecule has 4 N–H and O–H groups in total. The molecule has 0 spiro atoms. The molecular formula is C13H18N2O4S. The number of carbonyl (C=O) groups is 1. The Hall–Kier alpha value is -1.86. The molecule has 0 fully saturated rings. The second-order valence-corrected chi connectivity index (χ2v) is 4.45. The van der Waals surface area contributed by atoms with E-state index in [1.165, 1.54) is 7.11 Å². The number of rotatable bonds is 6. The number of hydrogen-bond acceptors (Lipinski definition) is 4. The first-order chi connectivity index (χ1) is 9.49. The third-order valence-corrected chi connectivity index (χ3v) is 2.93. The summed E-state index contributed by atoms with van der Waals surface area (Å²) in [5.41, 5.74) is 0.463. The number of benzene rings is 1. The monoisotopic (exact) mass is 298 g/mol. The van der Waals surface area contributed by atoms with Gasteiger partial charge in [0.25, 0.3) is 0 Å². The van der Waals surface area contributed by atoms with Crippen LogP contribution in [-0.2, 0) is 4.79 Å². The zero-order valence-electron chi connectivity index (χ0n) is 11.3. The first-order valence-electron chi connectivity index (χ1n) is 6.08. The number of carboxylic acids is 1. The number of ether oxygens (including phenoxy) is 1. The summed E-state index contributed by atoms with van der Waals surface area (Å²) in [4.78, 5) is 11.2. The fourth-order valence-electron chi connectivity index (χ4n) is 1.62. The molecule has 1 aromatic rings. The molecule has 0 saturated carbocycles. The van der Waals surface area contributed by atoms with Gasteiger partial charge in [0.1, 0.15) is 11.9 Å². The van der Waals surface area contributed by atoms with Crippen molar-refractivity contribution in [3.05, 3.63) is 29.8 Å². The lowest BCUT2D eigenvalue weighted by Crippen LogP contribution is -2.48. The van der Waals surface area contributed by atoms with Crippen molar-refractivity contribution in [3.8, 4) is 5.75 Å². The number of aliphatic hydroxyl groups excluding tert-OH is 1. The van der Waals surface area contributed by atoms with Crippen LogP contribution in [0.2, 0.25) is 0 Å². The van der Waals surface area contributed by atoms with E-state index in [4.69, 9.17) is 17.0 Å². The van der Waals surface area contributed by atoms with E-state index < -0.39 is 18.1 Å². The molecule has 0 bridgehead atoms. The summed E-state index contributed by atoms with van der Waals surface area (Å²) in [6.07, 6.45) is -1.23. The SMILES string of the molecule is CCNC(=S)NC(C(=O)O)C(O)c1ccc(OC)cc1. The Morgan fingerprint density at radius 2 is 2.00 bits per heavy atom. The van der Waals surface area contributed by atoms with Gasteiger partial charge < -0.3 is 25.6 Å². The van der Waals surface area contributed by atoms with Gasteiger partial charge in [0.2, 0.25) is 0 Å². The van der Waals surface area contributed by atoms with Crippen molar-refractivity contribution in [3.63, 3.8) is 0 Å². The summed E-state index contributed by atoms with van der Waals surface area (Å²) < 4.78 is 5.01. The quantitative estimate of drug-likeness (QED) is 0.574. The van der Waals surface area contributed by atoms with Gasteiger partial charge in [0, 0.05) is 6.54 Å². The summed E-state index contributed by atoms with van der Waals surface area (Å²) >= 11 is 4.94. The number of methoxy groups -OCH3 is 1. The number of aliphatic hydroxyl groups is 1. The Kier molecular flexibility index (Phi) is 6.20. The Balaban J connectivity index is 2.84. The molecule has 6 nitrogen and oxygen atoms in total. The van der Waals surface area contributed by atoms with E-state index in [0.717, 1.165) is 0 Å². The largest absolute Gasteiger partial charge is 0.497 e. The minimum atomic E-state index is -1.23. The molecular weight excluding hydrogens is 280 g/mol. The van der Waals surface area contributed by atoms with Crippen molar-refractivity contribution >= 4 is 23.3 Å². The van der Waals surface area contributed by atoms with Gasteiger partial charge in [-0.25, -0.2) is 4.79 Å². The zero-order chi connectivity index (χ0) is 15.1. The van der Waals surface area contributed by atoms with Crippen molar-refractivity contribution in [2.75, 3.05) is 13.7 Å². The molecule has 0 aromatic heterocycles. The first-order valence-corrected chi connectivity index (χ1v) is 6.49. The van der Waals surface area contributed by atoms with Crippen molar-refractivity contribution in [2.24, 2.45) is 0 Å². The van der Waals surface area contributed by atoms with Crippen LogP contribution in [0.3, 0.4) is 0 Å². The average molecular weight is 298 g/mol. The highest BCUT2D eigenvalue weighted by atomic mass is 32.1. The first kappa shape index (κ1) is 16.2. The average Bonchev–Trinajstić information content (AvgIpc) is 2.44. The molecule has 1 rings (SSSR count). The van der Waals surface area contributed by atoms with Crippen LogP contribution in [0.5, 0.6) is 5.75 Å². The van der Waals surface area contributed by atoms with Crippen LogP contribution in [-0.4, -0.2) is 41.0 Å². The maximum Gasteiger partial charge on any atom is 0.329 e. The molecule has 0 radical (unpaired) electrons. The van der Waals surface area contributed by atoms with Crippen molar-refractivity contribution < 1.29 is 19.7 Å². The normalized spacial score (nSPS) is 13.2. The third-order valence-electron chi connectivity index (χ3n) is 2.66. The van der Waals surface area contributed by atoms with Gasteiger partial charge in [-0.1, -0.05) is 12.1 Å². The van der Waals surface area contributed by atoms with E-state index in [9.17, 15) is 15.0 Å². The standard InChI is InChI=1S/C13H18N2O4S/c1-3-14-13(20)15-10(12(17)18)11(16)8-4-6-9(19-2)7-5-8/h4-7,10-11,16H,3H2,1-2H3,(H,17,18)(H2,14,15,20). The van der Waals surface area contributed by atoms with Crippen molar-refractivity contribution in [2.45, 2.75) is 19.1 Å². The maximum atomic E-state index is 11.2. The fourth-order valence-corrected chi connectivity index (χ4v) is 1.89. The van der Waals surface area contributed by atoms with E-state index in [-0.39, 0.29) is 5.11 Å². The molecule has 2 atom stereocenters. The highest BCUT2D eigenvalue weighted by molar-refractivity contribution is 7.80. The number of nitrogens with one attached hydrogen (secondary N) is 2. The molecule has 0 aliphatic rings. The van der Waals surface area contributed by atoms with Crippen molar-refractivity contribution in [1.82, 2.24) is 10.6 Å². The molecule has 20 heavy (non-hydrogen) atoms. The van der Waals surface area contributed by atoms with Gasteiger partial charge >= 0.3 is 5.97 Å². The van der Waals surface area contributed by atoms with Gasteiger partial charge in [0.05, 0.1) is 7.11 Å². The number of thiocarbonyl (C=S) groups is 1. The van der Waals surface area contributed by atoms with E-state index in [0.29, 0.717) is 17.9 Å². The Morgan fingerprint density at radius 3 is 2.45 bits per heavy atom. The van der Waals surface area contributed by atoms with Crippen LogP contribution in [0.25, 0.3) is 0 Å². The molecule has 0 aliphatic carbocycles. The van der Waals surface area contributed by atoms with Gasteiger partial charge in [-0.05, 0) is 36.8 Å². The lowest BCUT2D eigenvalue weighted by atomic mass is 10.0. The summed E-state index contributed by atoms with van der Waals surface area (Å²) in [6, 6.07) is 5.30. The van der Waals surface area contributed by atoms with Gasteiger partial charge in [0.15, 0.2) is 11.2 Å².